The van der Waals surface area contributed by atoms with Gasteiger partial charge in [-0.1, -0.05) is 18.2 Å². The quantitative estimate of drug-likeness (QED) is 0.675. The number of para-hydroxylation sites is 1. The zero-order valence-corrected chi connectivity index (χ0v) is 9.11. The van der Waals surface area contributed by atoms with Crippen LogP contribution < -0.4 is 10.6 Å². The number of carbonyl (C=O) groups excluding carboxylic acids is 1. The molecular formula is C12H9NO5. The van der Waals surface area contributed by atoms with Crippen molar-refractivity contribution in [2.45, 2.75) is 0 Å². The van der Waals surface area contributed by atoms with E-state index < -0.39 is 11.9 Å². The van der Waals surface area contributed by atoms with E-state index in [1.165, 1.54) is 6.08 Å². The average Bonchev–Trinajstić information content (AvgIpc) is 2.67. The van der Waals surface area contributed by atoms with Crippen molar-refractivity contribution >= 4 is 23.9 Å². The van der Waals surface area contributed by atoms with Crippen molar-refractivity contribution in [3.63, 3.8) is 0 Å². The number of nitrogens with zero attached hydrogens (tertiary/aromatic N) is 1. The molecule has 18 heavy (non-hydrogen) atoms. The number of benzene rings is 1. The van der Waals surface area contributed by atoms with Crippen LogP contribution in [0.4, 0.5) is 0 Å². The molecule has 0 unspecified atom stereocenters. The van der Waals surface area contributed by atoms with E-state index in [9.17, 15) is 14.4 Å². The average molecular weight is 247 g/mol. The van der Waals surface area contributed by atoms with Crippen molar-refractivity contribution in [1.82, 2.24) is 0 Å². The molecule has 0 radical (unpaired) electrons. The fraction of sp³-hybridized carbons (Fsp3) is 0. The first-order valence-electron chi connectivity index (χ1n) is 4.82. The Morgan fingerprint density at radius 1 is 1.06 bits per heavy atom. The summed E-state index contributed by atoms with van der Waals surface area (Å²) in [6, 6.07) is 7.47. The van der Waals surface area contributed by atoms with E-state index in [4.69, 9.17) is 10.2 Å². The number of rotatable bonds is 2. The van der Waals surface area contributed by atoms with E-state index in [1.54, 1.807) is 0 Å². The third-order valence-corrected chi connectivity index (χ3v) is 1.81. The molecule has 0 spiro atoms. The van der Waals surface area contributed by atoms with E-state index in [2.05, 4.69) is 4.99 Å². The Balaban J connectivity index is 0.000000187. The van der Waals surface area contributed by atoms with Gasteiger partial charge in [-0.3, -0.25) is 4.79 Å². The minimum atomic E-state index is -1.26. The molecule has 1 heterocycles. The lowest BCUT2D eigenvalue weighted by Crippen LogP contribution is -2.19. The van der Waals surface area contributed by atoms with E-state index in [0.717, 1.165) is 10.6 Å². The number of carboxylic acids is 2. The number of hydrogen-bond acceptors (Lipinski definition) is 3. The number of aliphatic carboxylic acids is 2. The zero-order chi connectivity index (χ0) is 13.5. The normalized spacial score (nSPS) is 11.9. The van der Waals surface area contributed by atoms with Gasteiger partial charge in [-0.25, -0.2) is 14.6 Å². The van der Waals surface area contributed by atoms with Gasteiger partial charge in [0.25, 0.3) is 5.91 Å². The summed E-state index contributed by atoms with van der Waals surface area (Å²) in [7, 11) is 0. The SMILES string of the molecule is O=C(O)/C=C/C(=O)O.O=C1C=c2ccccc2=N1. The molecule has 1 aromatic rings. The van der Waals surface area contributed by atoms with Crippen molar-refractivity contribution in [2.75, 3.05) is 0 Å². The first-order chi connectivity index (χ1) is 8.49. The molecule has 92 valence electrons. The Labute approximate surface area is 101 Å². The van der Waals surface area contributed by atoms with E-state index in [0.29, 0.717) is 12.2 Å². The predicted molar refractivity (Wildman–Crippen MR) is 61.1 cm³/mol. The third kappa shape index (κ3) is 4.40. The molecule has 1 aromatic carbocycles. The maximum absolute atomic E-state index is 10.7. The maximum atomic E-state index is 10.7. The van der Waals surface area contributed by atoms with Gasteiger partial charge in [-0.2, -0.15) is 0 Å². The van der Waals surface area contributed by atoms with Crippen molar-refractivity contribution in [1.29, 1.82) is 0 Å². The van der Waals surface area contributed by atoms with Crippen LogP contribution in [0.3, 0.4) is 0 Å². The monoisotopic (exact) mass is 247 g/mol. The second-order valence-corrected chi connectivity index (χ2v) is 3.16. The minimum Gasteiger partial charge on any atom is -0.478 e. The summed E-state index contributed by atoms with van der Waals surface area (Å²) in [6.45, 7) is 0. The highest BCUT2D eigenvalue weighted by atomic mass is 16.4. The lowest BCUT2D eigenvalue weighted by molar-refractivity contribution is -0.134. The van der Waals surface area contributed by atoms with Crippen LogP contribution in [0.15, 0.2) is 41.4 Å². The fourth-order valence-electron chi connectivity index (χ4n) is 1.14. The second kappa shape index (κ2) is 6.09. The van der Waals surface area contributed by atoms with E-state index >= 15 is 0 Å². The lowest BCUT2D eigenvalue weighted by atomic mass is 10.3. The molecule has 1 aliphatic rings. The molecule has 2 N–H and O–H groups in total. The molecule has 0 bridgehead atoms. The highest BCUT2D eigenvalue weighted by Crippen LogP contribution is 1.81. The van der Waals surface area contributed by atoms with E-state index in [1.807, 2.05) is 24.3 Å². The Kier molecular flexibility index (Phi) is 4.50. The molecule has 1 amide bonds. The van der Waals surface area contributed by atoms with Gasteiger partial charge in [-0.15, -0.1) is 0 Å². The summed E-state index contributed by atoms with van der Waals surface area (Å²) < 4.78 is 0. The second-order valence-electron chi connectivity index (χ2n) is 3.16. The number of fused-ring (bicyclic) bond motifs is 1. The molecule has 6 heteroatoms. The van der Waals surface area contributed by atoms with Gasteiger partial charge >= 0.3 is 11.9 Å². The van der Waals surface area contributed by atoms with Gasteiger partial charge in [0.05, 0.1) is 5.36 Å². The summed E-state index contributed by atoms with van der Waals surface area (Å²) in [4.78, 5) is 33.5. The molecule has 0 aromatic heterocycles. The third-order valence-electron chi connectivity index (χ3n) is 1.81. The number of carbonyl (C=O) groups is 3. The van der Waals surface area contributed by atoms with Gasteiger partial charge in [0.1, 0.15) is 0 Å². The first kappa shape index (κ1) is 13.3. The highest BCUT2D eigenvalue weighted by Gasteiger charge is 1.99. The largest absolute Gasteiger partial charge is 0.478 e. The summed E-state index contributed by atoms with van der Waals surface area (Å²) in [5, 5.41) is 17.3. The Morgan fingerprint density at radius 3 is 2.11 bits per heavy atom. The van der Waals surface area contributed by atoms with Gasteiger partial charge in [0.15, 0.2) is 0 Å². The molecule has 2 rings (SSSR count). The van der Waals surface area contributed by atoms with Crippen molar-refractivity contribution in [3.05, 3.63) is 47.0 Å². The minimum absolute atomic E-state index is 0.152. The van der Waals surface area contributed by atoms with Crippen LogP contribution in [0.1, 0.15) is 0 Å². The van der Waals surface area contributed by atoms with Crippen molar-refractivity contribution < 1.29 is 24.6 Å². The van der Waals surface area contributed by atoms with Gasteiger partial charge in [0, 0.05) is 23.4 Å². The molecule has 0 fully saturated rings. The van der Waals surface area contributed by atoms with Crippen molar-refractivity contribution in [3.8, 4) is 0 Å². The maximum Gasteiger partial charge on any atom is 0.328 e. The van der Waals surface area contributed by atoms with Crippen LogP contribution in [0.5, 0.6) is 0 Å². The summed E-state index contributed by atoms with van der Waals surface area (Å²) >= 11 is 0. The van der Waals surface area contributed by atoms with Crippen LogP contribution in [0.25, 0.3) is 6.08 Å². The van der Waals surface area contributed by atoms with Gasteiger partial charge in [0.2, 0.25) is 0 Å². The summed E-state index contributed by atoms with van der Waals surface area (Å²) in [5.74, 6) is -2.67. The van der Waals surface area contributed by atoms with Crippen LogP contribution in [-0.2, 0) is 14.4 Å². The number of amides is 1. The van der Waals surface area contributed by atoms with Crippen LogP contribution in [0, 0.1) is 0 Å². The van der Waals surface area contributed by atoms with Crippen LogP contribution in [-0.4, -0.2) is 28.1 Å². The Bertz CT molecular complexity index is 577. The molecule has 0 aliphatic carbocycles. The van der Waals surface area contributed by atoms with Gasteiger partial charge < -0.3 is 10.2 Å². The van der Waals surface area contributed by atoms with Crippen molar-refractivity contribution in [2.24, 2.45) is 4.99 Å². The van der Waals surface area contributed by atoms with E-state index in [-0.39, 0.29) is 5.91 Å². The predicted octanol–water partition coefficient (Wildman–Crippen LogP) is -0.661. The molecular weight excluding hydrogens is 238 g/mol. The van der Waals surface area contributed by atoms with Crippen LogP contribution in [0.2, 0.25) is 0 Å². The fourth-order valence-corrected chi connectivity index (χ4v) is 1.14. The molecule has 0 atom stereocenters. The van der Waals surface area contributed by atoms with Gasteiger partial charge in [-0.05, 0) is 6.07 Å². The van der Waals surface area contributed by atoms with Crippen LogP contribution >= 0.6 is 0 Å². The first-order valence-corrected chi connectivity index (χ1v) is 4.82. The highest BCUT2D eigenvalue weighted by molar-refractivity contribution is 6.06. The molecule has 6 nitrogen and oxygen atoms in total. The molecule has 1 aliphatic heterocycles. The summed E-state index contributed by atoms with van der Waals surface area (Å²) in [6.07, 6.45) is 2.65. The number of hydrogen-bond donors (Lipinski definition) is 2. The smallest absolute Gasteiger partial charge is 0.328 e. The Morgan fingerprint density at radius 2 is 1.61 bits per heavy atom. The summed E-state index contributed by atoms with van der Waals surface area (Å²) in [5.41, 5.74) is 0. The zero-order valence-electron chi connectivity index (χ0n) is 9.11. The number of carboxylic acid groups (broad SMARTS) is 2. The molecule has 0 saturated carbocycles. The Hall–Kier alpha value is -2.76. The standard InChI is InChI=1S/C8H5NO.C4H4O4/c10-8-5-6-3-1-2-4-7(6)9-8;5-3(6)1-2-4(7)8/h1-5H;1-2H,(H,5,6)(H,7,8)/b;2-1+. The lowest BCUT2D eigenvalue weighted by Gasteiger charge is -1.77. The molecule has 0 saturated heterocycles. The topological polar surface area (TPSA) is 104 Å².